The number of hydrogen-bond donors (Lipinski definition) is 0. The summed E-state index contributed by atoms with van der Waals surface area (Å²) < 4.78 is 28.1. The van der Waals surface area contributed by atoms with Gasteiger partial charge in [0.25, 0.3) is 0 Å². The van der Waals surface area contributed by atoms with Crippen LogP contribution < -0.4 is 0 Å². The third-order valence-corrected chi connectivity index (χ3v) is 4.71. The van der Waals surface area contributed by atoms with Gasteiger partial charge in [0.1, 0.15) is 24.6 Å². The first kappa shape index (κ1) is 16.8. The second-order valence-corrected chi connectivity index (χ2v) is 6.17. The van der Waals surface area contributed by atoms with Crippen molar-refractivity contribution in [1.82, 2.24) is 0 Å². The lowest BCUT2D eigenvalue weighted by Gasteiger charge is -2.50. The number of carbonyl (C=O) groups excluding carboxylic acids is 1. The van der Waals surface area contributed by atoms with E-state index in [-0.39, 0.29) is 6.61 Å². The third-order valence-electron chi connectivity index (χ3n) is 4.19. The fraction of sp³-hybridized carbons (Fsp3) is 0.562. The van der Waals surface area contributed by atoms with Crippen LogP contribution in [0.5, 0.6) is 0 Å². The Morgan fingerprint density at radius 2 is 1.96 bits per heavy atom. The molecule has 0 N–H and O–H groups in total. The summed E-state index contributed by atoms with van der Waals surface area (Å²) in [6, 6.07) is 9.45. The average molecular weight is 343 g/mol. The van der Waals surface area contributed by atoms with Gasteiger partial charge in [-0.2, -0.15) is 0 Å². The molecule has 6 nitrogen and oxygen atoms in total. The Kier molecular flexibility index (Phi) is 5.01. The highest BCUT2D eigenvalue weighted by Gasteiger charge is 2.59. The van der Waals surface area contributed by atoms with Crippen LogP contribution in [0.3, 0.4) is 0 Å². The summed E-state index contributed by atoms with van der Waals surface area (Å²) in [4.78, 5) is 10.3. The van der Waals surface area contributed by atoms with Crippen molar-refractivity contribution in [1.29, 1.82) is 0 Å². The van der Waals surface area contributed by atoms with Gasteiger partial charge in [-0.25, -0.2) is 0 Å². The summed E-state index contributed by atoms with van der Waals surface area (Å²) in [6.07, 6.45) is -2.77. The van der Waals surface area contributed by atoms with E-state index in [1.54, 1.807) is 0 Å². The van der Waals surface area contributed by atoms with Crippen LogP contribution in [0.1, 0.15) is 11.9 Å². The Labute approximate surface area is 139 Å². The van der Waals surface area contributed by atoms with Crippen molar-refractivity contribution in [3.05, 3.63) is 35.9 Å². The number of ether oxygens (including phenoxy) is 5. The van der Waals surface area contributed by atoms with Crippen LogP contribution in [0.2, 0.25) is 0 Å². The van der Waals surface area contributed by atoms with E-state index in [9.17, 15) is 4.79 Å². The molecular formula is C16H19ClO6. The zero-order valence-electron chi connectivity index (χ0n) is 12.9. The zero-order chi connectivity index (χ0) is 16.4. The molecule has 1 aromatic carbocycles. The molecule has 2 aliphatic rings. The fourth-order valence-electron chi connectivity index (χ4n) is 3.03. The predicted molar refractivity (Wildman–Crippen MR) is 81.1 cm³/mol. The topological polar surface area (TPSA) is 63.2 Å². The van der Waals surface area contributed by atoms with Crippen molar-refractivity contribution in [3.63, 3.8) is 0 Å². The molecule has 2 aliphatic heterocycles. The Hall–Kier alpha value is -1.02. The quantitative estimate of drug-likeness (QED) is 0.612. The summed E-state index contributed by atoms with van der Waals surface area (Å²) in [5.74, 6) is 0. The molecule has 7 heteroatoms. The number of benzene rings is 1. The minimum absolute atomic E-state index is 0.239. The SMILES string of the molecule is CO[C@H]1O[C@@H]2CO[C@@H](c3ccccc3)O[C@H]2[C@@](Cl)(C=O)[C@H]1OC. The number of alkyl halides is 1. The molecule has 0 aliphatic carbocycles. The van der Waals surface area contributed by atoms with Gasteiger partial charge in [0.2, 0.25) is 0 Å². The molecule has 0 bridgehead atoms. The van der Waals surface area contributed by atoms with Crippen LogP contribution >= 0.6 is 11.6 Å². The van der Waals surface area contributed by atoms with Gasteiger partial charge >= 0.3 is 0 Å². The first-order chi connectivity index (χ1) is 11.1. The predicted octanol–water partition coefficient (Wildman–Crippen LogP) is 1.66. The van der Waals surface area contributed by atoms with E-state index >= 15 is 0 Å². The summed E-state index contributed by atoms with van der Waals surface area (Å²) in [7, 11) is 2.92. The number of fused-ring (bicyclic) bond motifs is 1. The summed E-state index contributed by atoms with van der Waals surface area (Å²) >= 11 is 6.59. The van der Waals surface area contributed by atoms with Crippen LogP contribution in [-0.4, -0.2) is 56.6 Å². The number of rotatable bonds is 4. The Bertz CT molecular complexity index is 541. The number of halogens is 1. The lowest BCUT2D eigenvalue weighted by Crippen LogP contribution is -2.68. The second kappa shape index (κ2) is 6.84. The molecule has 23 heavy (non-hydrogen) atoms. The van der Waals surface area contributed by atoms with Crippen molar-refractivity contribution in [2.24, 2.45) is 0 Å². The van der Waals surface area contributed by atoms with Gasteiger partial charge in [0, 0.05) is 19.8 Å². The highest BCUT2D eigenvalue weighted by atomic mass is 35.5. The smallest absolute Gasteiger partial charge is 0.186 e. The van der Waals surface area contributed by atoms with Crippen LogP contribution in [0.15, 0.2) is 30.3 Å². The molecule has 2 fully saturated rings. The molecule has 6 atom stereocenters. The van der Waals surface area contributed by atoms with Gasteiger partial charge in [-0.3, -0.25) is 0 Å². The van der Waals surface area contributed by atoms with E-state index in [2.05, 4.69) is 0 Å². The molecule has 1 aromatic rings. The molecule has 0 radical (unpaired) electrons. The van der Waals surface area contributed by atoms with E-state index in [1.165, 1.54) is 14.2 Å². The first-order valence-corrected chi connectivity index (χ1v) is 7.70. The van der Waals surface area contributed by atoms with E-state index in [1.807, 2.05) is 30.3 Å². The van der Waals surface area contributed by atoms with Crippen molar-refractivity contribution < 1.29 is 28.5 Å². The minimum atomic E-state index is -1.42. The van der Waals surface area contributed by atoms with Crippen LogP contribution in [0.4, 0.5) is 0 Å². The monoisotopic (exact) mass is 342 g/mol. The Morgan fingerprint density at radius 1 is 1.22 bits per heavy atom. The average Bonchev–Trinajstić information content (AvgIpc) is 2.61. The van der Waals surface area contributed by atoms with Crippen molar-refractivity contribution in [2.45, 2.75) is 35.8 Å². The molecule has 0 spiro atoms. The lowest BCUT2D eigenvalue weighted by molar-refractivity contribution is -0.341. The first-order valence-electron chi connectivity index (χ1n) is 7.32. The highest BCUT2D eigenvalue weighted by Crippen LogP contribution is 2.42. The van der Waals surface area contributed by atoms with Gasteiger partial charge in [0.05, 0.1) is 6.61 Å². The minimum Gasteiger partial charge on any atom is -0.374 e. The van der Waals surface area contributed by atoms with Crippen molar-refractivity contribution in [3.8, 4) is 0 Å². The number of carbonyl (C=O) groups is 1. The van der Waals surface area contributed by atoms with Gasteiger partial charge < -0.3 is 28.5 Å². The molecular weight excluding hydrogens is 324 g/mol. The number of hydrogen-bond acceptors (Lipinski definition) is 6. The van der Waals surface area contributed by atoms with E-state index in [4.69, 9.17) is 35.3 Å². The maximum Gasteiger partial charge on any atom is 0.186 e. The standard InChI is InChI=1S/C16H19ClO6/c1-19-13-15(20-2)22-11-8-21-14(10-6-4-3-5-7-10)23-12(11)16(13,17)9-18/h3-7,9,11-15H,8H2,1-2H3/t11-,12-,13+,14-,15+,16+/m1/s1. The Balaban J connectivity index is 1.88. The Morgan fingerprint density at radius 3 is 2.57 bits per heavy atom. The van der Waals surface area contributed by atoms with E-state index < -0.39 is 35.8 Å². The zero-order valence-corrected chi connectivity index (χ0v) is 13.6. The summed E-state index contributed by atoms with van der Waals surface area (Å²) in [6.45, 7) is 0.239. The van der Waals surface area contributed by atoms with Gasteiger partial charge in [-0.15, -0.1) is 11.6 Å². The number of aldehydes is 1. The second-order valence-electron chi connectivity index (χ2n) is 5.51. The lowest BCUT2D eigenvalue weighted by atomic mass is 9.88. The van der Waals surface area contributed by atoms with Gasteiger partial charge in [-0.1, -0.05) is 30.3 Å². The molecule has 0 amide bonds. The largest absolute Gasteiger partial charge is 0.374 e. The van der Waals surface area contributed by atoms with Crippen molar-refractivity contribution in [2.75, 3.05) is 20.8 Å². The van der Waals surface area contributed by atoms with Gasteiger partial charge in [0.15, 0.2) is 17.5 Å². The molecule has 126 valence electrons. The highest BCUT2D eigenvalue weighted by molar-refractivity contribution is 6.33. The van der Waals surface area contributed by atoms with Crippen LogP contribution in [0, 0.1) is 0 Å². The van der Waals surface area contributed by atoms with E-state index in [0.717, 1.165) is 5.56 Å². The summed E-state index contributed by atoms with van der Waals surface area (Å²) in [5.41, 5.74) is 0.846. The normalized spacial score (nSPS) is 40.4. The van der Waals surface area contributed by atoms with E-state index in [0.29, 0.717) is 6.29 Å². The molecule has 0 saturated carbocycles. The fourth-order valence-corrected chi connectivity index (χ4v) is 3.42. The molecule has 2 heterocycles. The van der Waals surface area contributed by atoms with Crippen LogP contribution in [-0.2, 0) is 28.5 Å². The maximum atomic E-state index is 11.8. The maximum absolute atomic E-state index is 11.8. The molecule has 0 aromatic heterocycles. The molecule has 2 saturated heterocycles. The molecule has 0 unspecified atom stereocenters. The van der Waals surface area contributed by atoms with Gasteiger partial charge in [-0.05, 0) is 0 Å². The summed E-state index contributed by atoms with van der Waals surface area (Å²) in [5, 5.41) is 0. The van der Waals surface area contributed by atoms with Crippen LogP contribution in [0.25, 0.3) is 0 Å². The molecule has 3 rings (SSSR count). The number of methoxy groups -OCH3 is 2. The third kappa shape index (κ3) is 2.91. The van der Waals surface area contributed by atoms with Crippen molar-refractivity contribution >= 4 is 17.9 Å².